The van der Waals surface area contributed by atoms with Crippen LogP contribution in [0.4, 0.5) is 0 Å². The molecule has 1 amide bonds. The molecule has 4 aliphatic rings. The highest BCUT2D eigenvalue weighted by Crippen LogP contribution is 2.38. The summed E-state index contributed by atoms with van der Waals surface area (Å²) in [6, 6.07) is -1.16. The average molecular weight is 942 g/mol. The summed E-state index contributed by atoms with van der Waals surface area (Å²) in [6.45, 7) is 13.0. The van der Waals surface area contributed by atoms with Gasteiger partial charge in [0.1, 0.15) is 17.9 Å². The van der Waals surface area contributed by atoms with Crippen LogP contribution >= 0.6 is 0 Å². The van der Waals surface area contributed by atoms with E-state index in [0.29, 0.717) is 69.8 Å². The number of hydrogen-bond donors (Lipinski definition) is 2. The molecule has 4 rings (SSSR count). The lowest BCUT2D eigenvalue weighted by Gasteiger charge is -2.42. The first-order valence-corrected chi connectivity index (χ1v) is 24.4. The maximum Gasteiger partial charge on any atom is 0.329 e. The normalized spacial score (nSPS) is 39.4. The van der Waals surface area contributed by atoms with E-state index in [-0.39, 0.29) is 61.3 Å². The Morgan fingerprint density at radius 3 is 2.27 bits per heavy atom. The molecule has 0 aromatic heterocycles. The van der Waals surface area contributed by atoms with E-state index in [1.165, 1.54) is 12.0 Å². The third-order valence-corrected chi connectivity index (χ3v) is 14.7. The number of carbonyl (C=O) groups is 6. The number of aliphatic hydroxyl groups is 2. The summed E-state index contributed by atoms with van der Waals surface area (Å²) in [5.41, 5.74) is 1.30. The van der Waals surface area contributed by atoms with Crippen molar-refractivity contribution < 1.29 is 67.4 Å². The van der Waals surface area contributed by atoms with Crippen LogP contribution in [-0.2, 0) is 57.2 Å². The minimum absolute atomic E-state index is 0.0100. The molecule has 3 heterocycles. The van der Waals surface area contributed by atoms with Gasteiger partial charge in [0.2, 0.25) is 5.79 Å². The quantitative estimate of drug-likeness (QED) is 0.118. The van der Waals surface area contributed by atoms with Gasteiger partial charge in [-0.05, 0) is 107 Å². The van der Waals surface area contributed by atoms with E-state index < -0.39 is 83.9 Å². The maximum atomic E-state index is 14.4. The molecule has 2 bridgehead atoms. The number of rotatable bonds is 8. The van der Waals surface area contributed by atoms with E-state index in [0.717, 1.165) is 5.57 Å². The molecular weight excluding hydrogens is 863 g/mol. The van der Waals surface area contributed by atoms with Crippen LogP contribution < -0.4 is 0 Å². The van der Waals surface area contributed by atoms with Gasteiger partial charge >= 0.3 is 5.97 Å². The first kappa shape index (κ1) is 55.7. The zero-order valence-electron chi connectivity index (χ0n) is 41.6. The Hall–Kier alpha value is -3.86. The summed E-state index contributed by atoms with van der Waals surface area (Å²) in [6.07, 6.45) is 11.1. The molecular formula is C52H79NO14. The number of amides is 1. The zero-order chi connectivity index (χ0) is 49.6. The number of piperidine rings is 1. The fourth-order valence-corrected chi connectivity index (χ4v) is 10.3. The number of fused-ring (bicyclic) bond motifs is 3. The molecule has 15 atom stereocenters. The Bertz CT molecular complexity index is 1820. The van der Waals surface area contributed by atoms with Crippen molar-refractivity contribution in [1.82, 2.24) is 4.90 Å². The van der Waals surface area contributed by atoms with Crippen molar-refractivity contribution in [1.29, 1.82) is 0 Å². The molecule has 0 aromatic rings. The molecule has 3 fully saturated rings. The van der Waals surface area contributed by atoms with Crippen molar-refractivity contribution in [2.75, 3.05) is 27.9 Å². The number of cyclic esters (lactones) is 1. The highest BCUT2D eigenvalue weighted by Gasteiger charge is 2.53. The Kier molecular flexibility index (Phi) is 21.8. The van der Waals surface area contributed by atoms with Crippen LogP contribution in [0, 0.1) is 35.5 Å². The van der Waals surface area contributed by atoms with Crippen LogP contribution in [-0.4, -0.2) is 133 Å². The largest absolute Gasteiger partial charge is 0.460 e. The summed E-state index contributed by atoms with van der Waals surface area (Å²) >= 11 is 0. The van der Waals surface area contributed by atoms with Crippen LogP contribution in [0.2, 0.25) is 0 Å². The number of ether oxygens (including phenoxy) is 6. The van der Waals surface area contributed by atoms with Crippen LogP contribution in [0.25, 0.3) is 0 Å². The van der Waals surface area contributed by atoms with E-state index in [4.69, 9.17) is 28.4 Å². The summed E-state index contributed by atoms with van der Waals surface area (Å²) in [5.74, 6) is -8.18. The van der Waals surface area contributed by atoms with Crippen molar-refractivity contribution in [2.24, 2.45) is 35.5 Å². The van der Waals surface area contributed by atoms with Crippen molar-refractivity contribution in [3.05, 3.63) is 47.6 Å². The van der Waals surface area contributed by atoms with Gasteiger partial charge in [-0.25, -0.2) is 4.79 Å². The van der Waals surface area contributed by atoms with Crippen molar-refractivity contribution >= 4 is 35.7 Å². The Labute approximate surface area is 398 Å². The van der Waals surface area contributed by atoms with Crippen LogP contribution in [0.5, 0.6) is 0 Å². The molecule has 2 saturated heterocycles. The van der Waals surface area contributed by atoms with E-state index >= 15 is 0 Å². The summed E-state index contributed by atoms with van der Waals surface area (Å²) in [5, 5.41) is 22.5. The van der Waals surface area contributed by atoms with Crippen molar-refractivity contribution in [3.8, 4) is 0 Å². The number of ketones is 3. The highest BCUT2D eigenvalue weighted by atomic mass is 16.6. The zero-order valence-corrected chi connectivity index (χ0v) is 41.6. The summed E-state index contributed by atoms with van der Waals surface area (Å²) < 4.78 is 35.0. The average Bonchev–Trinajstić information content (AvgIpc) is 3.30. The number of allylic oxidation sites excluding steroid dienone is 6. The van der Waals surface area contributed by atoms with Crippen LogP contribution in [0.3, 0.4) is 0 Å². The van der Waals surface area contributed by atoms with Gasteiger partial charge in [0.25, 0.3) is 18.2 Å². The molecule has 1 saturated carbocycles. The molecule has 0 radical (unpaired) electrons. The van der Waals surface area contributed by atoms with Crippen LogP contribution in [0.15, 0.2) is 47.6 Å². The second kappa shape index (κ2) is 26.2. The van der Waals surface area contributed by atoms with E-state index in [2.05, 4.69) is 0 Å². The lowest BCUT2D eigenvalue weighted by molar-refractivity contribution is -0.265. The second-order valence-electron chi connectivity index (χ2n) is 19.8. The number of nitrogens with zero attached hydrogens (tertiary/aromatic N) is 1. The lowest BCUT2D eigenvalue weighted by atomic mass is 9.78. The van der Waals surface area contributed by atoms with Gasteiger partial charge in [-0.2, -0.15) is 0 Å². The molecule has 3 aliphatic heterocycles. The van der Waals surface area contributed by atoms with Gasteiger partial charge in [0.15, 0.2) is 18.0 Å². The maximum absolute atomic E-state index is 14.4. The molecule has 376 valence electrons. The van der Waals surface area contributed by atoms with Crippen LogP contribution in [0.1, 0.15) is 126 Å². The molecule has 1 unspecified atom stereocenters. The topological polar surface area (TPSA) is 201 Å². The summed E-state index contributed by atoms with van der Waals surface area (Å²) in [4.78, 5) is 84.1. The number of Topliss-reactive ketones (excluding diaryl/α,β-unsaturated/α-hetero) is 3. The van der Waals surface area contributed by atoms with Gasteiger partial charge in [-0.15, -0.1) is 0 Å². The molecule has 0 aromatic carbocycles. The predicted octanol–water partition coefficient (Wildman–Crippen LogP) is 6.36. The number of esters is 1. The number of aliphatic hydroxyl groups excluding tert-OH is 1. The SMILES string of the molecule is CO[C@H]1C[C@@H]2CC[C@@H](C)[C@@](O)(O2)C(=O)C(=O)N2CCCC[C@H]2C(=O)O[C@H]([C@H](C)CC2CC[C@@H](O)[C@H](OC)C2)CC(=O)[C@H](C)/C=C(\C)[C@@H](OC=O)[C@@H](OC)C(=O)[C@H](C)C[C@H](C)/C=C/C=C/C=C/1C. The third kappa shape index (κ3) is 14.8. The fourth-order valence-electron chi connectivity index (χ4n) is 10.3. The molecule has 2 N–H and O–H groups in total. The lowest BCUT2D eigenvalue weighted by Crippen LogP contribution is -2.61. The Balaban J connectivity index is 1.73. The second-order valence-corrected chi connectivity index (χ2v) is 19.8. The van der Waals surface area contributed by atoms with E-state index in [9.17, 15) is 39.0 Å². The van der Waals surface area contributed by atoms with E-state index in [1.807, 2.05) is 51.2 Å². The third-order valence-electron chi connectivity index (χ3n) is 14.7. The minimum Gasteiger partial charge on any atom is -0.460 e. The summed E-state index contributed by atoms with van der Waals surface area (Å²) in [7, 11) is 4.51. The number of carbonyl (C=O) groups excluding carboxylic acids is 6. The smallest absolute Gasteiger partial charge is 0.329 e. The first-order valence-electron chi connectivity index (χ1n) is 24.4. The monoisotopic (exact) mass is 942 g/mol. The molecule has 0 spiro atoms. The standard InChI is InChI=1S/C52H79NO14/c1-31-16-12-11-13-17-32(2)43(62-8)28-39-21-19-37(7)52(61,67-39)49(58)50(59)53-23-15-14-18-40(53)51(60)66-44(34(4)26-38-20-22-41(55)45(27-38)63-9)29-42(56)33(3)25-36(6)47(65-30-54)48(64-10)46(57)35(5)24-31/h11-13,16-17,25,30-31,33-35,37-41,43-45,47-48,55,61H,14-15,18-24,26-29H2,1-10H3/b13-11+,16-12+,32-17+,36-25+/t31-,33-,34-,35-,37-,38?,39+,40+,41-,43+,44+,45-,47-,48+,52-/m1/s1. The van der Waals surface area contributed by atoms with Crippen molar-refractivity contribution in [2.45, 2.75) is 180 Å². The van der Waals surface area contributed by atoms with Gasteiger partial charge in [0, 0.05) is 58.5 Å². The molecule has 67 heavy (non-hydrogen) atoms. The Morgan fingerprint density at radius 1 is 0.866 bits per heavy atom. The number of methoxy groups -OCH3 is 3. The minimum atomic E-state index is -2.44. The van der Waals surface area contributed by atoms with Gasteiger partial charge in [-0.3, -0.25) is 24.0 Å². The van der Waals surface area contributed by atoms with Crippen molar-refractivity contribution in [3.63, 3.8) is 0 Å². The predicted molar refractivity (Wildman–Crippen MR) is 250 cm³/mol. The molecule has 15 nitrogen and oxygen atoms in total. The fraction of sp³-hybridized carbons (Fsp3) is 0.731. The molecule has 15 heteroatoms. The van der Waals surface area contributed by atoms with Gasteiger partial charge in [-0.1, -0.05) is 71.1 Å². The Morgan fingerprint density at radius 2 is 1.60 bits per heavy atom. The highest BCUT2D eigenvalue weighted by molar-refractivity contribution is 6.39. The molecule has 1 aliphatic carbocycles. The first-order chi connectivity index (χ1) is 31.8. The van der Waals surface area contributed by atoms with Gasteiger partial charge < -0.3 is 43.5 Å². The number of hydrogen-bond acceptors (Lipinski definition) is 14. The van der Waals surface area contributed by atoms with E-state index in [1.54, 1.807) is 48.0 Å². The van der Waals surface area contributed by atoms with Gasteiger partial charge in [0.05, 0.1) is 24.4 Å².